The van der Waals surface area contributed by atoms with E-state index in [-0.39, 0.29) is 36.6 Å². The van der Waals surface area contributed by atoms with Crippen LogP contribution in [0, 0.1) is 0 Å². The van der Waals surface area contributed by atoms with E-state index in [9.17, 15) is 29.1 Å². The Morgan fingerprint density at radius 2 is 1.65 bits per heavy atom. The molecule has 0 radical (unpaired) electrons. The van der Waals surface area contributed by atoms with Gasteiger partial charge in [0.25, 0.3) is 17.7 Å². The number of ether oxygens (including phenoxy) is 2. The van der Waals surface area contributed by atoms with Crippen LogP contribution in [0.3, 0.4) is 0 Å². The first kappa shape index (κ1) is 32.3. The summed E-state index contributed by atoms with van der Waals surface area (Å²) in [6.07, 6.45) is 0.909. The minimum absolute atomic E-state index is 0.0798. The predicted molar refractivity (Wildman–Crippen MR) is 174 cm³/mol. The van der Waals surface area contributed by atoms with Crippen LogP contribution in [0.5, 0.6) is 0 Å². The monoisotopic (exact) mass is 651 g/mol. The van der Waals surface area contributed by atoms with E-state index < -0.39 is 61.1 Å². The number of anilines is 2. The maximum Gasteiger partial charge on any atom is 0.310 e. The first-order chi connectivity index (χ1) is 23.3. The number of aliphatic hydroxyl groups is 1. The Balaban J connectivity index is 1.22. The van der Waals surface area contributed by atoms with Crippen LogP contribution < -0.4 is 20.4 Å². The summed E-state index contributed by atoms with van der Waals surface area (Å²) in [5.74, 6) is -3.20. The highest BCUT2D eigenvalue weighted by Gasteiger charge is 2.40. The van der Waals surface area contributed by atoms with Crippen LogP contribution in [0.4, 0.5) is 11.4 Å². The molecule has 3 heterocycles. The Morgan fingerprint density at radius 1 is 0.917 bits per heavy atom. The van der Waals surface area contributed by atoms with Gasteiger partial charge in [0.05, 0.1) is 30.9 Å². The van der Waals surface area contributed by atoms with E-state index in [0.29, 0.717) is 11.8 Å². The minimum atomic E-state index is -1.32. The van der Waals surface area contributed by atoms with Crippen molar-refractivity contribution in [2.75, 3.05) is 36.1 Å². The average Bonchev–Trinajstić information content (AvgIpc) is 3.41. The number of aromatic nitrogens is 1. The fourth-order valence-electron chi connectivity index (χ4n) is 5.84. The summed E-state index contributed by atoms with van der Waals surface area (Å²) >= 11 is 0. The second-order valence-corrected chi connectivity index (χ2v) is 11.3. The molecule has 0 aliphatic carbocycles. The molecule has 4 aromatic rings. The number of pyridine rings is 1. The number of carbonyl (C=O) groups excluding carboxylic acids is 5. The maximum atomic E-state index is 14.2. The number of cyclic esters (lactones) is 1. The zero-order valence-electron chi connectivity index (χ0n) is 25.8. The molecule has 3 aromatic carbocycles. The van der Waals surface area contributed by atoms with E-state index in [1.54, 1.807) is 42.5 Å². The number of esters is 1. The summed E-state index contributed by atoms with van der Waals surface area (Å²) < 4.78 is 11.1. The Hall–Kier alpha value is -5.66. The molecular formula is C35H33N5O8. The third-order valence-electron chi connectivity index (χ3n) is 8.15. The van der Waals surface area contributed by atoms with Crippen LogP contribution in [0.25, 0.3) is 10.8 Å². The van der Waals surface area contributed by atoms with Gasteiger partial charge in [0.2, 0.25) is 12.2 Å². The van der Waals surface area contributed by atoms with E-state index in [0.717, 1.165) is 10.9 Å². The molecular weight excluding hydrogens is 618 g/mol. The van der Waals surface area contributed by atoms with Crippen molar-refractivity contribution >= 4 is 51.7 Å². The SMILES string of the molecule is O=C(CN1C(=O)[C@@H](NC(=O)c2nccc3ccccc23)CN(C(=O)CO)c2ccccc21)N[C@H]1CC(=O)O[C@H]1OCCc1ccccc1. The number of amides is 4. The van der Waals surface area contributed by atoms with Gasteiger partial charge in [-0.2, -0.15) is 0 Å². The molecule has 4 amide bonds. The van der Waals surface area contributed by atoms with Crippen molar-refractivity contribution in [3.05, 3.63) is 102 Å². The summed E-state index contributed by atoms with van der Waals surface area (Å²) in [6, 6.07) is 22.8. The van der Waals surface area contributed by atoms with Crippen molar-refractivity contribution < 1.29 is 38.6 Å². The van der Waals surface area contributed by atoms with Crippen molar-refractivity contribution in [3.8, 4) is 0 Å². The number of fused-ring (bicyclic) bond motifs is 2. The van der Waals surface area contributed by atoms with Gasteiger partial charge in [0.15, 0.2) is 0 Å². The van der Waals surface area contributed by atoms with Gasteiger partial charge in [-0.05, 0) is 35.6 Å². The molecule has 1 saturated heterocycles. The Morgan fingerprint density at radius 3 is 2.44 bits per heavy atom. The zero-order valence-corrected chi connectivity index (χ0v) is 25.8. The van der Waals surface area contributed by atoms with Gasteiger partial charge >= 0.3 is 5.97 Å². The summed E-state index contributed by atoms with van der Waals surface area (Å²) in [7, 11) is 0. The van der Waals surface area contributed by atoms with Gasteiger partial charge < -0.3 is 30.1 Å². The van der Waals surface area contributed by atoms with Gasteiger partial charge in [-0.1, -0.05) is 66.7 Å². The lowest BCUT2D eigenvalue weighted by molar-refractivity contribution is -0.165. The standard InChI is InChI=1S/C35H33N5O8/c41-21-30(43)39-19-26(38-33(45)32-24-11-5-4-10-23(24)14-16-36-32)34(46)40(28-13-7-6-12-27(28)39)20-29(42)37-25-18-31(44)48-35(25)47-17-15-22-8-2-1-3-9-22/h1-14,16,25-26,35,41H,15,17-21H2,(H,37,42)(H,38,45)/t25-,26-,35+/m0/s1. The Kier molecular flexibility index (Phi) is 9.69. The topological polar surface area (TPSA) is 167 Å². The third-order valence-corrected chi connectivity index (χ3v) is 8.15. The first-order valence-corrected chi connectivity index (χ1v) is 15.4. The largest absolute Gasteiger partial charge is 0.433 e. The number of rotatable bonds is 10. The molecule has 0 unspecified atom stereocenters. The van der Waals surface area contributed by atoms with Crippen LogP contribution in [0.1, 0.15) is 22.5 Å². The van der Waals surface area contributed by atoms with Gasteiger partial charge in [0.1, 0.15) is 30.9 Å². The molecule has 0 bridgehead atoms. The second kappa shape index (κ2) is 14.4. The number of nitrogens with one attached hydrogen (secondary N) is 2. The molecule has 13 nitrogen and oxygen atoms in total. The highest BCUT2D eigenvalue weighted by atomic mass is 16.7. The molecule has 48 heavy (non-hydrogen) atoms. The van der Waals surface area contributed by atoms with Crippen LogP contribution in [-0.2, 0) is 35.1 Å². The lowest BCUT2D eigenvalue weighted by atomic mass is 10.1. The van der Waals surface area contributed by atoms with Crippen molar-refractivity contribution in [3.63, 3.8) is 0 Å². The lowest BCUT2D eigenvalue weighted by Crippen LogP contribution is -2.55. The van der Waals surface area contributed by atoms with Crippen molar-refractivity contribution in [1.82, 2.24) is 15.6 Å². The van der Waals surface area contributed by atoms with Crippen molar-refractivity contribution in [2.24, 2.45) is 0 Å². The molecule has 1 aromatic heterocycles. The molecule has 3 atom stereocenters. The van der Waals surface area contributed by atoms with Crippen molar-refractivity contribution in [1.29, 1.82) is 0 Å². The minimum Gasteiger partial charge on any atom is -0.433 e. The maximum absolute atomic E-state index is 14.2. The molecule has 13 heteroatoms. The third kappa shape index (κ3) is 7.01. The van der Waals surface area contributed by atoms with Crippen LogP contribution >= 0.6 is 0 Å². The number of nitrogens with zero attached hydrogens (tertiary/aromatic N) is 3. The van der Waals surface area contributed by atoms with E-state index in [1.807, 2.05) is 42.5 Å². The van der Waals surface area contributed by atoms with Crippen LogP contribution in [-0.4, -0.2) is 84.4 Å². The predicted octanol–water partition coefficient (Wildman–Crippen LogP) is 1.72. The highest BCUT2D eigenvalue weighted by molar-refractivity contribution is 6.12. The molecule has 0 spiro atoms. The fourth-order valence-corrected chi connectivity index (χ4v) is 5.84. The van der Waals surface area contributed by atoms with E-state index in [2.05, 4.69) is 15.6 Å². The van der Waals surface area contributed by atoms with E-state index >= 15 is 0 Å². The summed E-state index contributed by atoms with van der Waals surface area (Å²) in [5.41, 5.74) is 1.59. The molecule has 3 N–H and O–H groups in total. The molecule has 6 rings (SSSR count). The molecule has 2 aliphatic heterocycles. The lowest BCUT2D eigenvalue weighted by Gasteiger charge is -2.26. The normalized spacial score (nSPS) is 19.0. The van der Waals surface area contributed by atoms with Gasteiger partial charge in [-0.3, -0.25) is 33.9 Å². The van der Waals surface area contributed by atoms with Gasteiger partial charge in [-0.25, -0.2) is 0 Å². The Bertz CT molecular complexity index is 1850. The number of para-hydroxylation sites is 2. The van der Waals surface area contributed by atoms with Gasteiger partial charge in [-0.15, -0.1) is 0 Å². The van der Waals surface area contributed by atoms with E-state index in [1.165, 1.54) is 16.0 Å². The number of carbonyl (C=O) groups is 5. The molecule has 2 aliphatic rings. The number of hydrogen-bond donors (Lipinski definition) is 3. The second-order valence-electron chi connectivity index (χ2n) is 11.3. The molecule has 246 valence electrons. The van der Waals surface area contributed by atoms with Gasteiger partial charge in [0, 0.05) is 11.6 Å². The number of benzene rings is 3. The smallest absolute Gasteiger partial charge is 0.310 e. The quantitative estimate of drug-likeness (QED) is 0.216. The average molecular weight is 652 g/mol. The first-order valence-electron chi connectivity index (χ1n) is 15.4. The molecule has 0 saturated carbocycles. The molecule has 1 fully saturated rings. The Labute approximate surface area is 275 Å². The fraction of sp³-hybridized carbons (Fsp3) is 0.257. The summed E-state index contributed by atoms with van der Waals surface area (Å²) in [4.78, 5) is 73.0. The highest BCUT2D eigenvalue weighted by Crippen LogP contribution is 2.33. The summed E-state index contributed by atoms with van der Waals surface area (Å²) in [6.45, 7) is -1.44. The summed E-state index contributed by atoms with van der Waals surface area (Å²) in [5, 5.41) is 16.6. The number of hydrogen-bond acceptors (Lipinski definition) is 9. The van der Waals surface area contributed by atoms with Crippen LogP contribution in [0.15, 0.2) is 91.1 Å². The van der Waals surface area contributed by atoms with Crippen LogP contribution in [0.2, 0.25) is 0 Å². The zero-order chi connectivity index (χ0) is 33.6. The van der Waals surface area contributed by atoms with E-state index in [4.69, 9.17) is 9.47 Å². The number of aliphatic hydroxyl groups excluding tert-OH is 1. The van der Waals surface area contributed by atoms with Crippen molar-refractivity contribution in [2.45, 2.75) is 31.2 Å².